The van der Waals surface area contributed by atoms with Crippen molar-refractivity contribution in [2.75, 3.05) is 0 Å². The highest BCUT2D eigenvalue weighted by atomic mass is 16.3. The second kappa shape index (κ2) is 9.79. The predicted molar refractivity (Wildman–Crippen MR) is 140 cm³/mol. The molecule has 0 aromatic carbocycles. The quantitative estimate of drug-likeness (QED) is 0.517. The summed E-state index contributed by atoms with van der Waals surface area (Å²) in [7, 11) is 0. The lowest BCUT2D eigenvalue weighted by Crippen LogP contribution is -2.44. The molecule has 0 bridgehead atoms. The molecule has 0 aromatic heterocycles. The lowest BCUT2D eigenvalue weighted by molar-refractivity contribution is -0.143. The Kier molecular flexibility index (Phi) is 7.45. The van der Waals surface area contributed by atoms with Crippen molar-refractivity contribution in [3.05, 3.63) is 35.5 Å². The minimum absolute atomic E-state index is 0.101. The first-order valence-electron chi connectivity index (χ1n) is 13.8. The minimum Gasteiger partial charge on any atom is -0.393 e. The fraction of sp³-hybridized carbons (Fsp3) is 0.767. The fourth-order valence-corrected chi connectivity index (χ4v) is 8.21. The first-order valence-corrected chi connectivity index (χ1v) is 13.8. The molecule has 196 valence electrons. The van der Waals surface area contributed by atoms with Crippen molar-refractivity contribution >= 4 is 5.91 Å². The molecule has 4 rings (SSSR count). The third kappa shape index (κ3) is 4.93. The van der Waals surface area contributed by atoms with Crippen molar-refractivity contribution in [3.8, 4) is 0 Å². The second-order valence-corrected chi connectivity index (χ2v) is 12.8. The normalized spacial score (nSPS) is 43.5. The predicted octanol–water partition coefficient (Wildman–Crippen LogP) is 4.91. The van der Waals surface area contributed by atoms with E-state index in [1.54, 1.807) is 6.92 Å². The molecule has 35 heavy (non-hydrogen) atoms. The number of hydrogen-bond donors (Lipinski definition) is 3. The third-order valence-electron chi connectivity index (χ3n) is 9.91. The maximum Gasteiger partial charge on any atom is 0.254 e. The molecule has 0 radical (unpaired) electrons. The maximum absolute atomic E-state index is 12.8. The molecule has 5 heteroatoms. The van der Waals surface area contributed by atoms with Gasteiger partial charge < -0.3 is 20.2 Å². The van der Waals surface area contributed by atoms with Gasteiger partial charge in [0.1, 0.15) is 5.60 Å². The number of aliphatic hydroxyl groups excluding tert-OH is 2. The topological polar surface area (TPSA) is 81.0 Å². The van der Waals surface area contributed by atoms with E-state index in [-0.39, 0.29) is 23.4 Å². The van der Waals surface area contributed by atoms with Crippen LogP contribution in [0.1, 0.15) is 92.4 Å². The summed E-state index contributed by atoms with van der Waals surface area (Å²) in [4.78, 5) is 14.7. The van der Waals surface area contributed by atoms with Gasteiger partial charge in [-0.1, -0.05) is 38.2 Å². The zero-order chi connectivity index (χ0) is 25.7. The second-order valence-electron chi connectivity index (χ2n) is 12.8. The van der Waals surface area contributed by atoms with Crippen LogP contribution in [-0.2, 0) is 4.79 Å². The number of nitrogens with zero attached hydrogens (tertiary/aromatic N) is 1. The number of hydrogen-bond acceptors (Lipinski definition) is 4. The Morgan fingerprint density at radius 2 is 1.89 bits per heavy atom. The van der Waals surface area contributed by atoms with Crippen LogP contribution in [0.5, 0.6) is 0 Å². The Hall–Kier alpha value is -1.43. The van der Waals surface area contributed by atoms with E-state index >= 15 is 0 Å². The van der Waals surface area contributed by atoms with E-state index in [1.165, 1.54) is 31.3 Å². The van der Waals surface area contributed by atoms with Crippen molar-refractivity contribution in [2.45, 2.75) is 122 Å². The molecule has 1 saturated heterocycles. The van der Waals surface area contributed by atoms with Gasteiger partial charge in [-0.15, -0.1) is 0 Å². The van der Waals surface area contributed by atoms with Gasteiger partial charge in [0.25, 0.3) is 5.91 Å². The number of amides is 1. The molecule has 1 amide bonds. The molecule has 0 unspecified atom stereocenters. The van der Waals surface area contributed by atoms with Gasteiger partial charge in [-0.2, -0.15) is 0 Å². The Bertz CT molecular complexity index is 902. The van der Waals surface area contributed by atoms with Crippen molar-refractivity contribution in [1.29, 1.82) is 0 Å². The van der Waals surface area contributed by atoms with Crippen LogP contribution in [0.4, 0.5) is 0 Å². The zero-order valence-corrected chi connectivity index (χ0v) is 22.5. The van der Waals surface area contributed by atoms with Crippen molar-refractivity contribution in [2.24, 2.45) is 23.2 Å². The van der Waals surface area contributed by atoms with E-state index in [1.807, 2.05) is 4.90 Å². The number of carbonyl (C=O) groups is 1. The highest BCUT2D eigenvalue weighted by Gasteiger charge is 2.53. The number of aliphatic hydroxyl groups is 3. The van der Waals surface area contributed by atoms with E-state index in [9.17, 15) is 20.1 Å². The molecule has 0 aromatic rings. The van der Waals surface area contributed by atoms with Crippen LogP contribution in [0.25, 0.3) is 0 Å². The molecule has 0 spiro atoms. The average molecular weight is 486 g/mol. The minimum atomic E-state index is -1.24. The molecule has 5 nitrogen and oxygen atoms in total. The smallest absolute Gasteiger partial charge is 0.254 e. The summed E-state index contributed by atoms with van der Waals surface area (Å²) in [6.07, 6.45) is 11.6. The Balaban J connectivity index is 1.50. The van der Waals surface area contributed by atoms with Gasteiger partial charge in [0, 0.05) is 24.9 Å². The largest absolute Gasteiger partial charge is 0.393 e. The molecule has 3 saturated carbocycles. The van der Waals surface area contributed by atoms with Crippen LogP contribution < -0.4 is 0 Å². The van der Waals surface area contributed by atoms with Crippen LogP contribution in [0.2, 0.25) is 0 Å². The van der Waals surface area contributed by atoms with Crippen LogP contribution >= 0.6 is 0 Å². The molecular weight excluding hydrogens is 438 g/mol. The molecule has 1 heterocycles. The van der Waals surface area contributed by atoms with Crippen LogP contribution in [0.15, 0.2) is 35.5 Å². The van der Waals surface area contributed by atoms with Crippen molar-refractivity contribution in [1.82, 2.24) is 4.90 Å². The summed E-state index contributed by atoms with van der Waals surface area (Å²) in [5.74, 6) is 1.53. The standard InChI is InChI=1S/C30H47NO4/c1-18(2)31-23(17-30(6,35)28(31)34)14-19(3)25-11-12-26-21(8-7-13-29(25,26)5)9-10-22-15-24(32)16-27(33)20(22)4/h9-10,18-19,23-27,32-33,35H,4,7-8,11-17H2,1-3,5-6H3/b21-9+,22-10-/t19-,23+,24-,25-,26+,27+,29-,30+/m1/s1. The highest BCUT2D eigenvalue weighted by molar-refractivity contribution is 5.87. The molecule has 8 atom stereocenters. The number of fused-ring (bicyclic) bond motifs is 1. The van der Waals surface area contributed by atoms with Gasteiger partial charge in [-0.3, -0.25) is 4.79 Å². The highest BCUT2D eigenvalue weighted by Crippen LogP contribution is 2.60. The Morgan fingerprint density at radius 1 is 1.17 bits per heavy atom. The number of carbonyl (C=O) groups excluding carboxylic acids is 1. The summed E-state index contributed by atoms with van der Waals surface area (Å²) in [5.41, 5.74) is 2.24. The van der Waals surface area contributed by atoms with Crippen LogP contribution in [-0.4, -0.2) is 56.0 Å². The number of allylic oxidation sites excluding steroid dienone is 3. The third-order valence-corrected chi connectivity index (χ3v) is 9.91. The van der Waals surface area contributed by atoms with E-state index in [2.05, 4.69) is 46.4 Å². The SMILES string of the molecule is C=C1/C(=C\C=C2/CCC[C@]3(C)[C@@H]([C@H](C)C[C@H]4C[C@](C)(O)C(=O)N4C(C)C)CC[C@@H]23)C[C@@H](O)C[C@@H]1O. The molecular formula is C30H47NO4. The Morgan fingerprint density at radius 3 is 2.57 bits per heavy atom. The van der Waals surface area contributed by atoms with Gasteiger partial charge in [0.15, 0.2) is 0 Å². The van der Waals surface area contributed by atoms with Crippen molar-refractivity contribution < 1.29 is 20.1 Å². The van der Waals surface area contributed by atoms with E-state index in [0.29, 0.717) is 37.0 Å². The van der Waals surface area contributed by atoms with Crippen LogP contribution in [0, 0.1) is 23.2 Å². The van der Waals surface area contributed by atoms with Crippen LogP contribution in [0.3, 0.4) is 0 Å². The molecule has 4 fully saturated rings. The van der Waals surface area contributed by atoms with Gasteiger partial charge in [0.05, 0.1) is 12.2 Å². The number of rotatable bonds is 5. The fourth-order valence-electron chi connectivity index (χ4n) is 8.21. The van der Waals surface area contributed by atoms with E-state index in [0.717, 1.165) is 24.0 Å². The van der Waals surface area contributed by atoms with Gasteiger partial charge in [-0.25, -0.2) is 0 Å². The average Bonchev–Trinajstić information content (AvgIpc) is 3.22. The summed E-state index contributed by atoms with van der Waals surface area (Å²) < 4.78 is 0. The summed E-state index contributed by atoms with van der Waals surface area (Å²) in [6.45, 7) is 14.7. The molecule has 3 aliphatic carbocycles. The van der Waals surface area contributed by atoms with E-state index in [4.69, 9.17) is 0 Å². The van der Waals surface area contributed by atoms with Gasteiger partial charge >= 0.3 is 0 Å². The summed E-state index contributed by atoms with van der Waals surface area (Å²) in [6, 6.07) is 0.207. The monoisotopic (exact) mass is 485 g/mol. The van der Waals surface area contributed by atoms with Gasteiger partial charge in [0.2, 0.25) is 0 Å². The summed E-state index contributed by atoms with van der Waals surface area (Å²) >= 11 is 0. The first kappa shape index (κ1) is 26.6. The lowest BCUT2D eigenvalue weighted by Gasteiger charge is -2.45. The van der Waals surface area contributed by atoms with Gasteiger partial charge in [-0.05, 0) is 100 Å². The molecule has 4 aliphatic rings. The Labute approximate surface area is 212 Å². The first-order chi connectivity index (χ1) is 16.3. The van der Waals surface area contributed by atoms with E-state index < -0.39 is 17.8 Å². The summed E-state index contributed by atoms with van der Waals surface area (Å²) in [5, 5.41) is 31.0. The maximum atomic E-state index is 12.8. The van der Waals surface area contributed by atoms with Crippen molar-refractivity contribution in [3.63, 3.8) is 0 Å². The lowest BCUT2D eigenvalue weighted by atomic mass is 9.60. The number of likely N-dealkylation sites (tertiary alicyclic amines) is 1. The molecule has 3 N–H and O–H groups in total. The zero-order valence-electron chi connectivity index (χ0n) is 22.5. The molecule has 1 aliphatic heterocycles.